The molecule has 0 bridgehead atoms. The van der Waals surface area contributed by atoms with Gasteiger partial charge < -0.3 is 0 Å². The molecule has 3 rings (SSSR count). The van der Waals surface area contributed by atoms with Gasteiger partial charge in [-0.1, -0.05) is 52.1 Å². The predicted molar refractivity (Wildman–Crippen MR) is 93.9 cm³/mol. The number of hydrogen-bond donors (Lipinski definition) is 0. The fourth-order valence-electron chi connectivity index (χ4n) is 3.04. The smallest absolute Gasteiger partial charge is 0.0174 e. The molecule has 21 heavy (non-hydrogen) atoms. The van der Waals surface area contributed by atoms with Crippen LogP contribution in [0.4, 0.5) is 0 Å². The highest BCUT2D eigenvalue weighted by molar-refractivity contribution is 7.66. The Hall–Kier alpha value is -1.65. The van der Waals surface area contributed by atoms with Crippen molar-refractivity contribution in [2.45, 2.75) is 25.2 Å². The van der Waals surface area contributed by atoms with E-state index in [2.05, 4.69) is 92.7 Å². The maximum absolute atomic E-state index is 2.38. The fourth-order valence-corrected chi connectivity index (χ4v) is 6.11. The molecule has 0 radical (unpaired) electrons. The molecule has 0 heterocycles. The summed E-state index contributed by atoms with van der Waals surface area (Å²) in [6, 6.07) is 28.7. The van der Waals surface area contributed by atoms with Gasteiger partial charge in [-0.05, 0) is 16.6 Å². The minimum absolute atomic E-state index is 0.279. The summed E-state index contributed by atoms with van der Waals surface area (Å²) in [5.41, 5.74) is 4.07. The van der Waals surface area contributed by atoms with E-state index in [4.69, 9.17) is 0 Å². The van der Waals surface area contributed by atoms with E-state index in [1.165, 1.54) is 16.4 Å². The van der Waals surface area contributed by atoms with Crippen LogP contribution in [0, 0.1) is 0 Å². The van der Waals surface area contributed by atoms with Gasteiger partial charge in [0.15, 0.2) is 0 Å². The molecule has 3 aromatic carbocycles. The van der Waals surface area contributed by atoms with Crippen molar-refractivity contribution in [3.63, 3.8) is 0 Å². The topological polar surface area (TPSA) is 0 Å². The number of benzene rings is 1. The normalized spacial score (nSPS) is 14.2. The van der Waals surface area contributed by atoms with Crippen LogP contribution in [0.15, 0.2) is 78.9 Å². The van der Waals surface area contributed by atoms with Crippen molar-refractivity contribution >= 4 is 13.2 Å². The van der Waals surface area contributed by atoms with Crippen LogP contribution in [-0.4, -0.2) is 0 Å². The van der Waals surface area contributed by atoms with Gasteiger partial charge in [-0.3, -0.25) is 0 Å². The largest absolute Gasteiger partial charge is 0.213 e. The summed E-state index contributed by atoms with van der Waals surface area (Å²) in [6.07, 6.45) is 0. The SMILES string of the molecule is C[C@H](c1ccc[cH-]1)P(c1ccccc1)[C@H](C)c1ccc[cH-]1. The lowest BCUT2D eigenvalue weighted by Crippen LogP contribution is -2.10. The monoisotopic (exact) mass is 292 g/mol. The van der Waals surface area contributed by atoms with Gasteiger partial charge >= 0.3 is 0 Å². The zero-order valence-corrected chi connectivity index (χ0v) is 13.5. The van der Waals surface area contributed by atoms with Crippen molar-refractivity contribution in [1.82, 2.24) is 0 Å². The van der Waals surface area contributed by atoms with Gasteiger partial charge in [0.25, 0.3) is 0 Å². The molecule has 2 atom stereocenters. The van der Waals surface area contributed by atoms with Crippen molar-refractivity contribution < 1.29 is 0 Å². The van der Waals surface area contributed by atoms with Gasteiger partial charge in [0, 0.05) is 0 Å². The lowest BCUT2D eigenvalue weighted by atomic mass is 10.2. The Morgan fingerprint density at radius 2 is 1.24 bits per heavy atom. The Labute approximate surface area is 128 Å². The first kappa shape index (κ1) is 14.3. The van der Waals surface area contributed by atoms with E-state index in [0.717, 1.165) is 0 Å². The maximum atomic E-state index is 2.38. The Morgan fingerprint density at radius 3 is 1.67 bits per heavy atom. The van der Waals surface area contributed by atoms with Gasteiger partial charge in [0.05, 0.1) is 0 Å². The highest BCUT2D eigenvalue weighted by atomic mass is 31.1. The Bertz CT molecular complexity index is 594. The first-order valence-corrected chi connectivity index (χ1v) is 9.02. The highest BCUT2D eigenvalue weighted by Gasteiger charge is 2.23. The third kappa shape index (κ3) is 3.01. The van der Waals surface area contributed by atoms with E-state index in [9.17, 15) is 0 Å². The molecule has 0 aliphatic rings. The van der Waals surface area contributed by atoms with E-state index in [-0.39, 0.29) is 7.92 Å². The molecule has 0 unspecified atom stereocenters. The molecule has 0 saturated heterocycles. The van der Waals surface area contributed by atoms with E-state index in [1.54, 1.807) is 0 Å². The zero-order valence-electron chi connectivity index (χ0n) is 12.6. The molecule has 0 nitrogen and oxygen atoms in total. The average molecular weight is 292 g/mol. The van der Waals surface area contributed by atoms with Crippen LogP contribution in [0.25, 0.3) is 0 Å². The molecular weight excluding hydrogens is 271 g/mol. The summed E-state index contributed by atoms with van der Waals surface area (Å²) in [4.78, 5) is 0. The second-order valence-corrected chi connectivity index (χ2v) is 8.41. The van der Waals surface area contributed by atoms with Crippen LogP contribution in [0.2, 0.25) is 0 Å². The zero-order chi connectivity index (χ0) is 14.7. The molecule has 0 aliphatic carbocycles. The molecule has 108 valence electrons. The molecule has 0 saturated carbocycles. The van der Waals surface area contributed by atoms with E-state index in [1.807, 2.05) is 0 Å². The summed E-state index contributed by atoms with van der Waals surface area (Å²) in [5.74, 6) is 0. The second kappa shape index (κ2) is 6.41. The Kier molecular flexibility index (Phi) is 4.36. The van der Waals surface area contributed by atoms with Gasteiger partial charge in [0.1, 0.15) is 0 Å². The fraction of sp³-hybridized carbons (Fsp3) is 0.200. The van der Waals surface area contributed by atoms with Gasteiger partial charge in [-0.2, -0.15) is 35.4 Å². The quantitative estimate of drug-likeness (QED) is 0.414. The minimum Gasteiger partial charge on any atom is -0.213 e. The van der Waals surface area contributed by atoms with Crippen molar-refractivity contribution in [1.29, 1.82) is 0 Å². The first-order valence-electron chi connectivity index (χ1n) is 7.54. The van der Waals surface area contributed by atoms with Crippen molar-refractivity contribution in [3.8, 4) is 0 Å². The minimum atomic E-state index is -0.279. The number of rotatable bonds is 5. The molecule has 0 spiro atoms. The van der Waals surface area contributed by atoms with Crippen molar-refractivity contribution in [2.24, 2.45) is 0 Å². The first-order chi connectivity index (χ1) is 10.3. The van der Waals surface area contributed by atoms with Crippen LogP contribution >= 0.6 is 7.92 Å². The molecule has 0 fully saturated rings. The third-order valence-electron chi connectivity index (χ3n) is 4.23. The van der Waals surface area contributed by atoms with Crippen LogP contribution < -0.4 is 5.30 Å². The average Bonchev–Trinajstić information content (AvgIpc) is 3.22. The Balaban J connectivity index is 1.99. The summed E-state index contributed by atoms with van der Waals surface area (Å²) < 4.78 is 0. The third-order valence-corrected chi connectivity index (χ3v) is 7.39. The standard InChI is InChI=1S/C20H21P/c1-16(18-10-6-7-11-18)21(20-14-4-3-5-15-20)17(2)19-12-8-9-13-19/h3-17H,1-2H3/q-2/t16-,17-/m1/s1. The van der Waals surface area contributed by atoms with Crippen LogP contribution in [-0.2, 0) is 0 Å². The maximum Gasteiger partial charge on any atom is -0.0174 e. The molecule has 0 N–H and O–H groups in total. The highest BCUT2D eigenvalue weighted by Crippen LogP contribution is 2.60. The van der Waals surface area contributed by atoms with E-state index < -0.39 is 0 Å². The predicted octanol–water partition coefficient (Wildman–Crippen LogP) is 5.75. The van der Waals surface area contributed by atoms with Crippen molar-refractivity contribution in [2.75, 3.05) is 0 Å². The summed E-state index contributed by atoms with van der Waals surface area (Å²) in [6.45, 7) is 4.76. The Morgan fingerprint density at radius 1 is 0.714 bits per heavy atom. The molecule has 0 amide bonds. The van der Waals surface area contributed by atoms with Crippen LogP contribution in [0.5, 0.6) is 0 Å². The molecule has 0 aliphatic heterocycles. The lowest BCUT2D eigenvalue weighted by Gasteiger charge is -2.34. The van der Waals surface area contributed by atoms with Gasteiger partial charge in [0.2, 0.25) is 0 Å². The van der Waals surface area contributed by atoms with Gasteiger partial charge in [-0.25, -0.2) is 24.3 Å². The van der Waals surface area contributed by atoms with Crippen LogP contribution in [0.1, 0.15) is 36.3 Å². The van der Waals surface area contributed by atoms with Gasteiger partial charge in [-0.15, -0.1) is 0 Å². The van der Waals surface area contributed by atoms with Crippen molar-refractivity contribution in [3.05, 3.63) is 90.0 Å². The molecular formula is C20H21P-2. The molecule has 0 aromatic heterocycles. The second-order valence-electron chi connectivity index (χ2n) is 5.53. The summed E-state index contributed by atoms with van der Waals surface area (Å²) in [5, 5.41) is 1.50. The van der Waals surface area contributed by atoms with E-state index in [0.29, 0.717) is 11.3 Å². The lowest BCUT2D eigenvalue weighted by molar-refractivity contribution is 1.01. The number of hydrogen-bond acceptors (Lipinski definition) is 0. The molecule has 1 heteroatoms. The summed E-state index contributed by atoms with van der Waals surface area (Å²) >= 11 is 0. The summed E-state index contributed by atoms with van der Waals surface area (Å²) in [7, 11) is -0.279. The molecule has 3 aromatic rings. The van der Waals surface area contributed by atoms with Crippen LogP contribution in [0.3, 0.4) is 0 Å². The van der Waals surface area contributed by atoms with E-state index >= 15 is 0 Å².